The van der Waals surface area contributed by atoms with Crippen LogP contribution in [0.1, 0.15) is 60.4 Å². The molecule has 0 bridgehead atoms. The van der Waals surface area contributed by atoms with Crippen molar-refractivity contribution in [1.82, 2.24) is 14.5 Å². The third-order valence-corrected chi connectivity index (χ3v) is 10.0. The molecule has 204 valence electrons. The monoisotopic (exact) mass is 557 g/mol. The lowest BCUT2D eigenvalue weighted by molar-refractivity contribution is -0.207. The third-order valence-electron chi connectivity index (χ3n) is 7.67. The Morgan fingerprint density at radius 2 is 1.79 bits per heavy atom. The smallest absolute Gasteiger partial charge is 0.392 e. The van der Waals surface area contributed by atoms with Gasteiger partial charge in [0.1, 0.15) is 16.9 Å². The number of halogens is 5. The first-order chi connectivity index (χ1) is 17.8. The quantitative estimate of drug-likeness (QED) is 0.448. The number of nitrogens with zero attached hydrogens (tertiary/aromatic N) is 2. The normalized spacial score (nSPS) is 27.7. The summed E-state index contributed by atoms with van der Waals surface area (Å²) in [5.41, 5.74) is -1.91. The van der Waals surface area contributed by atoms with Gasteiger partial charge in [-0.15, -0.1) is 5.10 Å². The van der Waals surface area contributed by atoms with Crippen molar-refractivity contribution in [1.29, 1.82) is 0 Å². The van der Waals surface area contributed by atoms with Crippen molar-refractivity contribution >= 4 is 10.0 Å². The lowest BCUT2D eigenvalue weighted by Gasteiger charge is -2.46. The van der Waals surface area contributed by atoms with Gasteiger partial charge in [-0.1, -0.05) is 30.3 Å². The number of benzene rings is 2. The fourth-order valence-corrected chi connectivity index (χ4v) is 7.74. The first-order valence-electron chi connectivity index (χ1n) is 12.0. The first-order valence-corrected chi connectivity index (χ1v) is 13.5. The van der Waals surface area contributed by atoms with E-state index in [1.165, 1.54) is 0 Å². The van der Waals surface area contributed by atoms with Gasteiger partial charge < -0.3 is 4.42 Å². The van der Waals surface area contributed by atoms with Crippen LogP contribution in [0.25, 0.3) is 0 Å². The molecule has 1 saturated heterocycles. The highest BCUT2D eigenvalue weighted by Crippen LogP contribution is 2.57. The van der Waals surface area contributed by atoms with E-state index in [1.807, 2.05) is 5.10 Å². The van der Waals surface area contributed by atoms with Crippen LogP contribution in [0.5, 0.6) is 0 Å². The molecule has 13 heteroatoms. The van der Waals surface area contributed by atoms with Crippen LogP contribution in [0.4, 0.5) is 22.0 Å². The molecule has 38 heavy (non-hydrogen) atoms. The summed E-state index contributed by atoms with van der Waals surface area (Å²) in [6.45, 7) is 1.23. The average Bonchev–Trinajstić information content (AvgIpc) is 3.24. The number of aromatic nitrogens is 2. The number of alkyl halides is 3. The number of nitrogens with one attached hydrogen (secondary N) is 1. The molecule has 2 fully saturated rings. The highest BCUT2D eigenvalue weighted by molar-refractivity contribution is 7.89. The molecular weight excluding hydrogens is 533 g/mol. The predicted octanol–water partition coefficient (Wildman–Crippen LogP) is 4.95. The number of H-pyrrole nitrogens is 1. The maximum atomic E-state index is 15.5. The van der Waals surface area contributed by atoms with Crippen LogP contribution in [0, 0.1) is 17.6 Å². The van der Waals surface area contributed by atoms with Gasteiger partial charge >= 0.3 is 11.9 Å². The van der Waals surface area contributed by atoms with Gasteiger partial charge in [0.05, 0.1) is 11.3 Å². The zero-order valence-electron chi connectivity index (χ0n) is 20.1. The van der Waals surface area contributed by atoms with Gasteiger partial charge in [-0.2, -0.15) is 17.5 Å². The summed E-state index contributed by atoms with van der Waals surface area (Å²) < 4.78 is 104. The summed E-state index contributed by atoms with van der Waals surface area (Å²) in [6, 6.07) is 9.68. The van der Waals surface area contributed by atoms with Crippen molar-refractivity contribution in [3.8, 4) is 0 Å². The molecule has 0 radical (unpaired) electrons. The summed E-state index contributed by atoms with van der Waals surface area (Å²) in [6.07, 6.45) is -5.08. The van der Waals surface area contributed by atoms with Gasteiger partial charge in [0.15, 0.2) is 0 Å². The Morgan fingerprint density at radius 3 is 2.39 bits per heavy atom. The van der Waals surface area contributed by atoms with E-state index < -0.39 is 87.1 Å². The van der Waals surface area contributed by atoms with E-state index in [9.17, 15) is 26.4 Å². The van der Waals surface area contributed by atoms with Crippen LogP contribution in [0.2, 0.25) is 0 Å². The number of hydrogen-bond acceptors (Lipinski definition) is 5. The maximum absolute atomic E-state index is 15.5. The standard InChI is InChI=1S/C25H24F5N3O4S/c1-14-7-8-21(15-5-3-2-4-6-15)38(35,36)33(14)13-16-9-20(27)18(10-19(16)26)24(22-31-32-23(34)37-22)11-17(12-24)25(28,29)30/h2-6,9-10,14,17,21H,7-8,11-13H2,1H3,(H,32,34)/t14-,17-,21+,24+/m0/s1. The minimum atomic E-state index is -4.58. The SMILES string of the molecule is C[C@H]1CC[C@H](c2ccccc2)S(=O)(=O)N1Cc1cc(F)c([C@]2(c3n[nH]c(=O)o3)C[C@@H](C(F)(F)F)C2)cc1F. The zero-order valence-corrected chi connectivity index (χ0v) is 21.0. The van der Waals surface area contributed by atoms with E-state index in [4.69, 9.17) is 4.42 Å². The van der Waals surface area contributed by atoms with Gasteiger partial charge in [-0.3, -0.25) is 0 Å². The fourth-order valence-electron chi connectivity index (χ4n) is 5.55. The van der Waals surface area contributed by atoms with Crippen molar-refractivity contribution < 1.29 is 34.8 Å². The Bertz CT molecular complexity index is 1500. The first kappa shape index (κ1) is 26.5. The van der Waals surface area contributed by atoms with Crippen LogP contribution in [0.15, 0.2) is 51.7 Å². The molecule has 1 aliphatic carbocycles. The number of aromatic amines is 1. The van der Waals surface area contributed by atoms with E-state index in [-0.39, 0.29) is 5.56 Å². The second-order valence-corrected chi connectivity index (χ2v) is 12.1. The zero-order chi connectivity index (χ0) is 27.5. The predicted molar refractivity (Wildman–Crippen MR) is 125 cm³/mol. The van der Waals surface area contributed by atoms with Crippen molar-refractivity contribution in [2.45, 2.75) is 62.0 Å². The molecule has 5 rings (SSSR count). The molecule has 0 spiro atoms. The van der Waals surface area contributed by atoms with Crippen molar-refractivity contribution in [3.05, 3.63) is 87.2 Å². The Labute approximate surface area is 214 Å². The van der Waals surface area contributed by atoms with E-state index in [0.717, 1.165) is 16.4 Å². The van der Waals surface area contributed by atoms with Gasteiger partial charge in [-0.25, -0.2) is 27.1 Å². The highest BCUT2D eigenvalue weighted by atomic mass is 32.2. The Balaban J connectivity index is 1.49. The molecule has 1 saturated carbocycles. The van der Waals surface area contributed by atoms with Crippen LogP contribution in [-0.2, 0) is 22.0 Å². The molecule has 1 N–H and O–H groups in total. The molecule has 1 aromatic heterocycles. The largest absolute Gasteiger partial charge is 0.434 e. The van der Waals surface area contributed by atoms with E-state index in [2.05, 4.69) is 5.10 Å². The molecule has 2 atom stereocenters. The molecule has 0 unspecified atom stereocenters. The van der Waals surface area contributed by atoms with Crippen LogP contribution in [-0.4, -0.2) is 35.1 Å². The second-order valence-electron chi connectivity index (χ2n) is 9.99. The van der Waals surface area contributed by atoms with Crippen molar-refractivity contribution in [2.75, 3.05) is 0 Å². The van der Waals surface area contributed by atoms with Crippen LogP contribution < -0.4 is 5.76 Å². The summed E-state index contributed by atoms with van der Waals surface area (Å²) >= 11 is 0. The van der Waals surface area contributed by atoms with Gasteiger partial charge in [-0.05, 0) is 50.3 Å². The highest BCUT2D eigenvalue weighted by Gasteiger charge is 2.60. The molecule has 7 nitrogen and oxygen atoms in total. The van der Waals surface area contributed by atoms with Crippen molar-refractivity contribution in [2.24, 2.45) is 5.92 Å². The Hall–Kier alpha value is -3.06. The lowest BCUT2D eigenvalue weighted by Crippen LogP contribution is -2.49. The number of hydrogen-bond donors (Lipinski definition) is 1. The fraction of sp³-hybridized carbons (Fsp3) is 0.440. The number of rotatable bonds is 5. The lowest BCUT2D eigenvalue weighted by atomic mass is 9.58. The van der Waals surface area contributed by atoms with Crippen LogP contribution >= 0.6 is 0 Å². The second kappa shape index (κ2) is 9.30. The minimum absolute atomic E-state index is 0.263. The molecule has 2 aromatic carbocycles. The van der Waals surface area contributed by atoms with Gasteiger partial charge in [0.25, 0.3) is 0 Å². The summed E-state index contributed by atoms with van der Waals surface area (Å²) in [5.74, 6) is -5.36. The third kappa shape index (κ3) is 4.45. The summed E-state index contributed by atoms with van der Waals surface area (Å²) in [4.78, 5) is 11.5. The Morgan fingerprint density at radius 1 is 1.11 bits per heavy atom. The van der Waals surface area contributed by atoms with Crippen LogP contribution in [0.3, 0.4) is 0 Å². The maximum Gasteiger partial charge on any atom is 0.434 e. The Kier molecular flexibility index (Phi) is 6.49. The number of sulfonamides is 1. The molecule has 1 aliphatic heterocycles. The van der Waals surface area contributed by atoms with Crippen molar-refractivity contribution in [3.63, 3.8) is 0 Å². The molecule has 0 amide bonds. The van der Waals surface area contributed by atoms with E-state index in [0.29, 0.717) is 18.4 Å². The minimum Gasteiger partial charge on any atom is -0.392 e. The van der Waals surface area contributed by atoms with E-state index in [1.54, 1.807) is 37.3 Å². The van der Waals surface area contributed by atoms with E-state index >= 15 is 8.78 Å². The average molecular weight is 558 g/mol. The van der Waals surface area contributed by atoms with Gasteiger partial charge in [0, 0.05) is 23.7 Å². The topological polar surface area (TPSA) is 96.3 Å². The molecule has 2 aliphatic rings. The van der Waals surface area contributed by atoms with Gasteiger partial charge in [0.2, 0.25) is 15.9 Å². The molecule has 3 aromatic rings. The molecular formula is C25H24F5N3O4S. The molecule has 2 heterocycles. The summed E-state index contributed by atoms with van der Waals surface area (Å²) in [7, 11) is -3.93. The summed E-state index contributed by atoms with van der Waals surface area (Å²) in [5, 5.41) is 4.72.